The second kappa shape index (κ2) is 6.11. The summed E-state index contributed by atoms with van der Waals surface area (Å²) in [7, 11) is -2.32. The third-order valence-electron chi connectivity index (χ3n) is 2.77. The number of rotatable bonds is 5. The second-order valence-electron chi connectivity index (χ2n) is 4.42. The van der Waals surface area contributed by atoms with Crippen molar-refractivity contribution in [3.63, 3.8) is 0 Å². The van der Waals surface area contributed by atoms with Gasteiger partial charge in [-0.25, -0.2) is 12.8 Å². The van der Waals surface area contributed by atoms with Crippen LogP contribution in [0.15, 0.2) is 47.4 Å². The van der Waals surface area contributed by atoms with Gasteiger partial charge in [-0.1, -0.05) is 12.1 Å². The molecule has 3 N–H and O–H groups in total. The van der Waals surface area contributed by atoms with E-state index in [2.05, 4.69) is 4.72 Å². The molecule has 0 heterocycles. The fourth-order valence-corrected chi connectivity index (χ4v) is 2.84. The van der Waals surface area contributed by atoms with E-state index in [0.717, 1.165) is 11.6 Å². The third kappa shape index (κ3) is 3.71. The zero-order valence-electron chi connectivity index (χ0n) is 11.3. The predicted octanol–water partition coefficient (Wildman–Crippen LogP) is 2.36. The van der Waals surface area contributed by atoms with Crippen LogP contribution in [0.5, 0.6) is 0 Å². The number of halogens is 1. The zero-order valence-corrected chi connectivity index (χ0v) is 12.2. The maximum absolute atomic E-state index is 13.4. The number of ether oxygens (including phenoxy) is 1. The first-order valence-electron chi connectivity index (χ1n) is 6.08. The highest BCUT2D eigenvalue weighted by Gasteiger charge is 2.16. The standard InChI is InChI=1S/C14H15FN2O3S/c1-20-9-10-3-2-4-11(7-10)17-21(18,19)12-5-6-14(16)13(15)8-12/h2-8,17H,9,16H2,1H3. The van der Waals surface area contributed by atoms with Crippen LogP contribution in [0.1, 0.15) is 5.56 Å². The van der Waals surface area contributed by atoms with Crippen molar-refractivity contribution in [2.75, 3.05) is 17.6 Å². The Morgan fingerprint density at radius 2 is 2.00 bits per heavy atom. The molecule has 0 atom stereocenters. The van der Waals surface area contributed by atoms with Crippen molar-refractivity contribution in [3.8, 4) is 0 Å². The van der Waals surface area contributed by atoms with Crippen molar-refractivity contribution >= 4 is 21.4 Å². The average Bonchev–Trinajstić information content (AvgIpc) is 2.42. The summed E-state index contributed by atoms with van der Waals surface area (Å²) in [5.41, 5.74) is 6.43. The Bertz CT molecular complexity index is 748. The summed E-state index contributed by atoms with van der Waals surface area (Å²) in [6, 6.07) is 10.1. The largest absolute Gasteiger partial charge is 0.396 e. The van der Waals surface area contributed by atoms with Gasteiger partial charge in [0.2, 0.25) is 0 Å². The Balaban J connectivity index is 2.28. The molecular weight excluding hydrogens is 295 g/mol. The maximum atomic E-state index is 13.4. The number of nitrogens with two attached hydrogens (primary N) is 1. The van der Waals surface area contributed by atoms with Gasteiger partial charge in [0.05, 0.1) is 17.2 Å². The van der Waals surface area contributed by atoms with Crippen molar-refractivity contribution in [3.05, 3.63) is 53.8 Å². The minimum absolute atomic E-state index is 0.101. The Morgan fingerprint density at radius 3 is 2.67 bits per heavy atom. The first kappa shape index (κ1) is 15.3. The topological polar surface area (TPSA) is 81.4 Å². The molecule has 21 heavy (non-hydrogen) atoms. The molecule has 0 saturated heterocycles. The molecular formula is C14H15FN2O3S. The van der Waals surface area contributed by atoms with E-state index in [1.54, 1.807) is 25.3 Å². The number of nitrogen functional groups attached to an aromatic ring is 1. The lowest BCUT2D eigenvalue weighted by molar-refractivity contribution is 0.185. The van der Waals surface area contributed by atoms with Gasteiger partial charge in [-0.2, -0.15) is 0 Å². The molecule has 0 radical (unpaired) electrons. The Labute approximate surface area is 122 Å². The van der Waals surface area contributed by atoms with E-state index in [-0.39, 0.29) is 10.6 Å². The van der Waals surface area contributed by atoms with Gasteiger partial charge in [-0.3, -0.25) is 4.72 Å². The smallest absolute Gasteiger partial charge is 0.261 e. The molecule has 112 valence electrons. The van der Waals surface area contributed by atoms with Crippen molar-refractivity contribution in [1.82, 2.24) is 0 Å². The van der Waals surface area contributed by atoms with Crippen molar-refractivity contribution < 1.29 is 17.5 Å². The normalized spacial score (nSPS) is 11.3. The number of hydrogen-bond acceptors (Lipinski definition) is 4. The van der Waals surface area contributed by atoms with Crippen LogP contribution in [0.3, 0.4) is 0 Å². The lowest BCUT2D eigenvalue weighted by atomic mass is 10.2. The molecule has 0 unspecified atom stereocenters. The Morgan fingerprint density at radius 1 is 1.24 bits per heavy atom. The third-order valence-corrected chi connectivity index (χ3v) is 4.15. The molecule has 0 aliphatic heterocycles. The molecule has 0 spiro atoms. The first-order chi connectivity index (χ1) is 9.92. The summed E-state index contributed by atoms with van der Waals surface area (Å²) >= 11 is 0. The summed E-state index contributed by atoms with van der Waals surface area (Å²) in [6.45, 7) is 0.367. The molecule has 0 aliphatic carbocycles. The molecule has 7 heteroatoms. The summed E-state index contributed by atoms with van der Waals surface area (Å²) in [5.74, 6) is -0.772. The van der Waals surface area contributed by atoms with E-state index in [1.807, 2.05) is 6.07 Å². The average molecular weight is 310 g/mol. The fourth-order valence-electron chi connectivity index (χ4n) is 1.78. The van der Waals surface area contributed by atoms with Gasteiger partial charge >= 0.3 is 0 Å². The highest BCUT2D eigenvalue weighted by atomic mass is 32.2. The van der Waals surface area contributed by atoms with Gasteiger partial charge in [0.1, 0.15) is 5.82 Å². The molecule has 0 aliphatic rings. The van der Waals surface area contributed by atoms with Gasteiger partial charge in [0.15, 0.2) is 0 Å². The number of sulfonamides is 1. The van der Waals surface area contributed by atoms with Gasteiger partial charge < -0.3 is 10.5 Å². The molecule has 0 saturated carbocycles. The van der Waals surface area contributed by atoms with E-state index in [9.17, 15) is 12.8 Å². The second-order valence-corrected chi connectivity index (χ2v) is 6.10. The van der Waals surface area contributed by atoms with Crippen molar-refractivity contribution in [1.29, 1.82) is 0 Å². The summed E-state index contributed by atoms with van der Waals surface area (Å²) in [5, 5.41) is 0. The van der Waals surface area contributed by atoms with E-state index < -0.39 is 15.8 Å². The van der Waals surface area contributed by atoms with Crippen LogP contribution in [-0.2, 0) is 21.4 Å². The summed E-state index contributed by atoms with van der Waals surface area (Å²) in [4.78, 5) is -0.189. The quantitative estimate of drug-likeness (QED) is 0.831. The zero-order chi connectivity index (χ0) is 15.5. The van der Waals surface area contributed by atoms with Crippen LogP contribution in [-0.4, -0.2) is 15.5 Å². The number of benzene rings is 2. The van der Waals surface area contributed by atoms with Crippen molar-refractivity contribution in [2.24, 2.45) is 0 Å². The highest BCUT2D eigenvalue weighted by molar-refractivity contribution is 7.92. The van der Waals surface area contributed by atoms with Crippen molar-refractivity contribution in [2.45, 2.75) is 11.5 Å². The molecule has 0 bridgehead atoms. The van der Waals surface area contributed by atoms with Gasteiger partial charge in [0, 0.05) is 12.8 Å². The number of anilines is 2. The lowest BCUT2D eigenvalue weighted by Crippen LogP contribution is -2.13. The summed E-state index contributed by atoms with van der Waals surface area (Å²) < 4.78 is 45.1. The van der Waals surface area contributed by atoms with E-state index >= 15 is 0 Å². The predicted molar refractivity (Wildman–Crippen MR) is 78.8 cm³/mol. The van der Waals surface area contributed by atoms with Crippen LogP contribution >= 0.6 is 0 Å². The van der Waals surface area contributed by atoms with Gasteiger partial charge in [0.25, 0.3) is 10.0 Å². The lowest BCUT2D eigenvalue weighted by Gasteiger charge is -2.10. The maximum Gasteiger partial charge on any atom is 0.261 e. The SMILES string of the molecule is COCc1cccc(NS(=O)(=O)c2ccc(N)c(F)c2)c1. The molecule has 0 fully saturated rings. The summed E-state index contributed by atoms with van der Waals surface area (Å²) in [6.07, 6.45) is 0. The molecule has 2 aromatic rings. The fraction of sp³-hybridized carbons (Fsp3) is 0.143. The number of hydrogen-bond donors (Lipinski definition) is 2. The molecule has 5 nitrogen and oxygen atoms in total. The first-order valence-corrected chi connectivity index (χ1v) is 7.56. The minimum atomic E-state index is -3.87. The van der Waals surface area contributed by atoms with E-state index in [4.69, 9.17) is 10.5 Å². The number of methoxy groups -OCH3 is 1. The van der Waals surface area contributed by atoms with Crippen LogP contribution in [0.4, 0.5) is 15.8 Å². The van der Waals surface area contributed by atoms with E-state index in [1.165, 1.54) is 12.1 Å². The molecule has 2 rings (SSSR count). The van der Waals surface area contributed by atoms with Crippen LogP contribution in [0.25, 0.3) is 0 Å². The Hall–Kier alpha value is -2.12. The van der Waals surface area contributed by atoms with Crippen LogP contribution in [0, 0.1) is 5.82 Å². The van der Waals surface area contributed by atoms with Gasteiger partial charge in [-0.15, -0.1) is 0 Å². The molecule has 0 amide bonds. The number of nitrogens with one attached hydrogen (secondary N) is 1. The molecule has 0 aromatic heterocycles. The highest BCUT2D eigenvalue weighted by Crippen LogP contribution is 2.20. The minimum Gasteiger partial charge on any atom is -0.396 e. The van der Waals surface area contributed by atoms with Gasteiger partial charge in [-0.05, 0) is 35.9 Å². The Kier molecular flexibility index (Phi) is 4.44. The molecule has 2 aromatic carbocycles. The van der Waals surface area contributed by atoms with Crippen LogP contribution in [0.2, 0.25) is 0 Å². The monoisotopic (exact) mass is 310 g/mol. The van der Waals surface area contributed by atoms with Crippen LogP contribution < -0.4 is 10.5 Å². The van der Waals surface area contributed by atoms with E-state index in [0.29, 0.717) is 12.3 Å².